The monoisotopic (exact) mass is 450 g/mol. The molecule has 3 aromatic rings. The molecule has 4 heterocycles. The molecule has 0 unspecified atom stereocenters. The van der Waals surface area contributed by atoms with Gasteiger partial charge in [-0.3, -0.25) is 4.79 Å². The Balaban J connectivity index is 1.14. The number of nitrogens with zero attached hydrogens (tertiary/aromatic N) is 4. The fourth-order valence-corrected chi connectivity index (χ4v) is 5.30. The number of carbonyl (C=O) groups is 1. The number of rotatable bonds is 6. The molecule has 5 rings (SSSR count). The summed E-state index contributed by atoms with van der Waals surface area (Å²) >= 11 is 0. The van der Waals surface area contributed by atoms with Crippen molar-refractivity contribution in [1.82, 2.24) is 19.5 Å². The summed E-state index contributed by atoms with van der Waals surface area (Å²) in [5.41, 5.74) is 4.42. The van der Waals surface area contributed by atoms with Crippen molar-refractivity contribution in [3.8, 4) is 0 Å². The Morgan fingerprint density at radius 1 is 1.21 bits per heavy atom. The summed E-state index contributed by atoms with van der Waals surface area (Å²) in [5.74, 6) is 0.190. The molecule has 1 amide bonds. The normalized spacial score (nSPS) is 17.7. The lowest BCUT2D eigenvalue weighted by Crippen LogP contribution is -2.37. The summed E-state index contributed by atoms with van der Waals surface area (Å²) in [6, 6.07) is 4.65. The van der Waals surface area contributed by atoms with Gasteiger partial charge >= 0.3 is 0 Å². The van der Waals surface area contributed by atoms with Gasteiger partial charge in [-0.15, -0.1) is 0 Å². The fraction of sp³-hybridized carbons (Fsp3) is 0.462. The first kappa shape index (κ1) is 21.9. The van der Waals surface area contributed by atoms with Crippen molar-refractivity contribution >= 4 is 23.0 Å². The number of aryl methyl sites for hydroxylation is 2. The zero-order valence-electron chi connectivity index (χ0n) is 19.4. The number of hydrogen-bond acceptors (Lipinski definition) is 4. The van der Waals surface area contributed by atoms with Crippen LogP contribution in [0.25, 0.3) is 17.0 Å². The van der Waals surface area contributed by atoms with Gasteiger partial charge in [0.1, 0.15) is 5.82 Å². The Labute approximate surface area is 193 Å². The predicted octanol–water partition coefficient (Wildman–Crippen LogP) is 4.84. The number of halogens is 1. The zero-order chi connectivity index (χ0) is 22.9. The second-order valence-corrected chi connectivity index (χ2v) is 9.19. The zero-order valence-corrected chi connectivity index (χ0v) is 19.4. The summed E-state index contributed by atoms with van der Waals surface area (Å²) in [7, 11) is 0. The lowest BCUT2D eigenvalue weighted by molar-refractivity contribution is 0.0765. The lowest BCUT2D eigenvalue weighted by atomic mass is 9.91. The second-order valence-electron chi connectivity index (χ2n) is 9.19. The number of amides is 1. The molecule has 0 spiro atoms. The van der Waals surface area contributed by atoms with E-state index in [0.29, 0.717) is 18.0 Å². The average Bonchev–Trinajstić information content (AvgIpc) is 3.32. The maximum Gasteiger partial charge on any atom is 0.256 e. The molecule has 2 aliphatic rings. The summed E-state index contributed by atoms with van der Waals surface area (Å²) in [5, 5.41) is 5.17. The number of aromatic nitrogens is 2. The van der Waals surface area contributed by atoms with Crippen molar-refractivity contribution in [3.05, 3.63) is 58.8 Å². The van der Waals surface area contributed by atoms with E-state index in [0.717, 1.165) is 79.9 Å². The van der Waals surface area contributed by atoms with Crippen LogP contribution >= 0.6 is 0 Å². The van der Waals surface area contributed by atoms with Crippen LogP contribution in [0.4, 0.5) is 4.39 Å². The highest BCUT2D eigenvalue weighted by molar-refractivity contribution is 5.99. The smallest absolute Gasteiger partial charge is 0.256 e. The third-order valence-corrected chi connectivity index (χ3v) is 7.09. The van der Waals surface area contributed by atoms with E-state index < -0.39 is 0 Å². The molecule has 1 aromatic carbocycles. The molecule has 1 fully saturated rings. The molecule has 0 N–H and O–H groups in total. The number of likely N-dealkylation sites (tertiary alicyclic amines) is 1. The molecule has 33 heavy (non-hydrogen) atoms. The molecule has 0 bridgehead atoms. The topological polar surface area (TPSA) is 54.5 Å². The predicted molar refractivity (Wildman–Crippen MR) is 127 cm³/mol. The van der Waals surface area contributed by atoms with Crippen molar-refractivity contribution in [1.29, 1.82) is 0 Å². The molecule has 2 aliphatic heterocycles. The molecule has 7 heteroatoms. The quantitative estimate of drug-likeness (QED) is 0.540. The first-order chi connectivity index (χ1) is 16.0. The van der Waals surface area contributed by atoms with Crippen molar-refractivity contribution in [2.45, 2.75) is 45.6 Å². The van der Waals surface area contributed by atoms with E-state index in [-0.39, 0.29) is 11.7 Å². The van der Waals surface area contributed by atoms with Crippen LogP contribution in [-0.4, -0.2) is 58.2 Å². The summed E-state index contributed by atoms with van der Waals surface area (Å²) in [4.78, 5) is 17.6. The maximum absolute atomic E-state index is 13.4. The third kappa shape index (κ3) is 4.22. The molecule has 0 aliphatic carbocycles. The second kappa shape index (κ2) is 9.14. The largest absolute Gasteiger partial charge is 0.356 e. The van der Waals surface area contributed by atoms with Crippen LogP contribution in [0.1, 0.15) is 59.4 Å². The van der Waals surface area contributed by atoms with E-state index in [1.807, 2.05) is 11.8 Å². The Morgan fingerprint density at radius 3 is 2.82 bits per heavy atom. The average molecular weight is 451 g/mol. The Hall–Kier alpha value is -2.93. The van der Waals surface area contributed by atoms with Gasteiger partial charge in [0.15, 0.2) is 5.58 Å². The van der Waals surface area contributed by atoms with Crippen molar-refractivity contribution < 1.29 is 13.7 Å². The van der Waals surface area contributed by atoms with Gasteiger partial charge in [-0.05, 0) is 76.5 Å². The lowest BCUT2D eigenvalue weighted by Gasteiger charge is -2.31. The van der Waals surface area contributed by atoms with Gasteiger partial charge in [-0.25, -0.2) is 4.39 Å². The number of fused-ring (bicyclic) bond motifs is 2. The van der Waals surface area contributed by atoms with E-state index in [2.05, 4.69) is 39.9 Å². The van der Waals surface area contributed by atoms with Gasteiger partial charge in [-0.2, -0.15) is 0 Å². The summed E-state index contributed by atoms with van der Waals surface area (Å²) in [6.07, 6.45) is 9.26. The van der Waals surface area contributed by atoms with Gasteiger partial charge in [0.25, 0.3) is 5.91 Å². The fourth-order valence-electron chi connectivity index (χ4n) is 5.30. The van der Waals surface area contributed by atoms with E-state index in [9.17, 15) is 9.18 Å². The molecule has 0 atom stereocenters. The highest BCUT2D eigenvalue weighted by Crippen LogP contribution is 2.33. The van der Waals surface area contributed by atoms with Crippen LogP contribution in [0.2, 0.25) is 0 Å². The minimum atomic E-state index is -0.298. The minimum Gasteiger partial charge on any atom is -0.356 e. The van der Waals surface area contributed by atoms with Crippen molar-refractivity contribution in [2.24, 2.45) is 0 Å². The van der Waals surface area contributed by atoms with Gasteiger partial charge in [-0.1, -0.05) is 11.2 Å². The SMILES string of the molecule is CCn1cc(C)c2c1C=CCN(CCCN1CCC(c3noc4cc(F)ccc34)CC1)C2=O. The Morgan fingerprint density at radius 2 is 2.03 bits per heavy atom. The third-order valence-electron chi connectivity index (χ3n) is 7.09. The first-order valence-electron chi connectivity index (χ1n) is 12.0. The molecular weight excluding hydrogens is 419 g/mol. The molecular formula is C26H31FN4O2. The molecule has 1 saturated heterocycles. The molecule has 0 saturated carbocycles. The summed E-state index contributed by atoms with van der Waals surface area (Å²) < 4.78 is 20.9. The highest BCUT2D eigenvalue weighted by atomic mass is 19.1. The molecule has 2 aromatic heterocycles. The van der Waals surface area contributed by atoms with E-state index in [1.165, 1.54) is 12.1 Å². The van der Waals surface area contributed by atoms with E-state index in [4.69, 9.17) is 4.52 Å². The molecule has 6 nitrogen and oxygen atoms in total. The Kier molecular flexibility index (Phi) is 6.06. The van der Waals surface area contributed by atoms with Gasteiger partial charge in [0, 0.05) is 43.2 Å². The van der Waals surface area contributed by atoms with Crippen LogP contribution in [0, 0.1) is 12.7 Å². The Bertz CT molecular complexity index is 1190. The van der Waals surface area contributed by atoms with E-state index >= 15 is 0 Å². The van der Waals surface area contributed by atoms with Crippen molar-refractivity contribution in [3.63, 3.8) is 0 Å². The maximum atomic E-state index is 13.4. The van der Waals surface area contributed by atoms with Crippen LogP contribution in [-0.2, 0) is 6.54 Å². The van der Waals surface area contributed by atoms with Crippen molar-refractivity contribution in [2.75, 3.05) is 32.7 Å². The van der Waals surface area contributed by atoms with Gasteiger partial charge < -0.3 is 18.9 Å². The minimum absolute atomic E-state index is 0.146. The first-order valence-corrected chi connectivity index (χ1v) is 12.0. The van der Waals surface area contributed by atoms with Gasteiger partial charge in [0.05, 0.1) is 17.0 Å². The molecule has 0 radical (unpaired) electrons. The van der Waals surface area contributed by atoms with Gasteiger partial charge in [0.2, 0.25) is 0 Å². The van der Waals surface area contributed by atoms with Crippen LogP contribution in [0.15, 0.2) is 35.0 Å². The number of piperidine rings is 1. The highest BCUT2D eigenvalue weighted by Gasteiger charge is 2.27. The van der Waals surface area contributed by atoms with E-state index in [1.54, 1.807) is 6.07 Å². The van der Waals surface area contributed by atoms with Crippen LogP contribution in [0.3, 0.4) is 0 Å². The number of benzene rings is 1. The van der Waals surface area contributed by atoms with Crippen LogP contribution < -0.4 is 0 Å². The molecule has 174 valence electrons. The number of carbonyl (C=O) groups excluding carboxylic acids is 1. The standard InChI is InChI=1S/C26H31FN4O2/c1-3-30-17-18(2)24-22(30)6-4-12-31(26(24)32)13-5-11-29-14-9-19(10-15-29)25-21-8-7-20(27)16-23(21)33-28-25/h4,6-8,16-17,19H,3,5,9-15H2,1-2H3. The number of hydrogen-bond donors (Lipinski definition) is 0. The summed E-state index contributed by atoms with van der Waals surface area (Å²) in [6.45, 7) is 9.40. The van der Waals surface area contributed by atoms with Crippen LogP contribution in [0.5, 0.6) is 0 Å².